The van der Waals surface area contributed by atoms with Gasteiger partial charge in [0.1, 0.15) is 11.6 Å². The summed E-state index contributed by atoms with van der Waals surface area (Å²) in [4.78, 5) is 38.2. The second-order valence-corrected chi connectivity index (χ2v) is 7.43. The summed E-state index contributed by atoms with van der Waals surface area (Å²) in [6.45, 7) is 1.28. The van der Waals surface area contributed by atoms with Crippen LogP contribution in [0.25, 0.3) is 11.4 Å². The Morgan fingerprint density at radius 3 is 2.70 bits per heavy atom. The molecule has 0 bridgehead atoms. The minimum Gasteiger partial charge on any atom is -0.497 e. The molecule has 1 aromatic carbocycles. The van der Waals surface area contributed by atoms with E-state index in [-0.39, 0.29) is 17.4 Å². The number of H-pyrrole nitrogens is 1. The molecule has 0 aliphatic carbocycles. The highest BCUT2D eigenvalue weighted by atomic mass is 16.5. The predicted octanol–water partition coefficient (Wildman–Crippen LogP) is 2.79. The number of hydrogen-bond donors (Lipinski definition) is 1. The molecule has 1 aliphatic heterocycles. The van der Waals surface area contributed by atoms with Gasteiger partial charge in [-0.1, -0.05) is 12.1 Å². The molecule has 4 rings (SSSR count). The van der Waals surface area contributed by atoms with Crippen LogP contribution in [0.15, 0.2) is 59.7 Å². The second kappa shape index (κ2) is 8.90. The van der Waals surface area contributed by atoms with Crippen molar-refractivity contribution in [3.63, 3.8) is 0 Å². The molecule has 7 heteroatoms. The first kappa shape index (κ1) is 19.8. The molecule has 1 atom stereocenters. The highest BCUT2D eigenvalue weighted by molar-refractivity contribution is 5.77. The van der Waals surface area contributed by atoms with Gasteiger partial charge in [0.05, 0.1) is 12.8 Å². The number of carbonyl (C=O) groups is 1. The van der Waals surface area contributed by atoms with Gasteiger partial charge in [-0.2, -0.15) is 0 Å². The summed E-state index contributed by atoms with van der Waals surface area (Å²) in [5, 5.41) is 0. The number of benzene rings is 1. The first-order chi connectivity index (χ1) is 14.6. The fourth-order valence-corrected chi connectivity index (χ4v) is 3.76. The molecule has 0 saturated carbocycles. The molecular weight excluding hydrogens is 380 g/mol. The standard InChI is InChI=1S/C23H24N4O3/c1-30-19-5-2-16(3-6-19)4-7-22(29)27-13-10-18(15-27)20-14-21(28)26-23(25-20)17-8-11-24-12-9-17/h2-3,5-6,8-9,11-12,14,18H,4,7,10,13,15H2,1H3,(H,25,26,28)/t18-/m1/s1. The lowest BCUT2D eigenvalue weighted by atomic mass is 10.0. The van der Waals surface area contributed by atoms with Crippen LogP contribution in [0.5, 0.6) is 5.75 Å². The van der Waals surface area contributed by atoms with Crippen LogP contribution in [0.4, 0.5) is 0 Å². The average Bonchev–Trinajstić information content (AvgIpc) is 3.28. The number of ether oxygens (including phenoxy) is 1. The molecule has 1 N–H and O–H groups in total. The summed E-state index contributed by atoms with van der Waals surface area (Å²) < 4.78 is 5.17. The Labute approximate surface area is 174 Å². The molecule has 3 aromatic rings. The number of rotatable bonds is 6. The predicted molar refractivity (Wildman–Crippen MR) is 113 cm³/mol. The van der Waals surface area contributed by atoms with E-state index in [1.807, 2.05) is 41.3 Å². The zero-order valence-corrected chi connectivity index (χ0v) is 16.9. The number of nitrogens with zero attached hydrogens (tertiary/aromatic N) is 3. The van der Waals surface area contributed by atoms with Crippen LogP contribution in [0.1, 0.15) is 30.0 Å². The monoisotopic (exact) mass is 404 g/mol. The van der Waals surface area contributed by atoms with E-state index in [4.69, 9.17) is 4.74 Å². The van der Waals surface area contributed by atoms with Crippen molar-refractivity contribution in [3.05, 3.63) is 76.5 Å². The van der Waals surface area contributed by atoms with Crippen molar-refractivity contribution in [1.29, 1.82) is 0 Å². The third-order valence-corrected chi connectivity index (χ3v) is 5.46. The maximum Gasteiger partial charge on any atom is 0.251 e. The molecule has 1 aliphatic rings. The summed E-state index contributed by atoms with van der Waals surface area (Å²) in [7, 11) is 1.64. The number of aryl methyl sites for hydroxylation is 1. The number of methoxy groups -OCH3 is 1. The third-order valence-electron chi connectivity index (χ3n) is 5.46. The average molecular weight is 404 g/mol. The molecule has 154 valence electrons. The molecule has 2 aromatic heterocycles. The molecule has 30 heavy (non-hydrogen) atoms. The van der Waals surface area contributed by atoms with Crippen molar-refractivity contribution in [1.82, 2.24) is 19.9 Å². The van der Waals surface area contributed by atoms with Gasteiger partial charge < -0.3 is 14.6 Å². The van der Waals surface area contributed by atoms with Crippen LogP contribution in [0, 0.1) is 0 Å². The smallest absolute Gasteiger partial charge is 0.251 e. The zero-order chi connectivity index (χ0) is 20.9. The van der Waals surface area contributed by atoms with E-state index >= 15 is 0 Å². The van der Waals surface area contributed by atoms with E-state index in [1.54, 1.807) is 25.6 Å². The van der Waals surface area contributed by atoms with Gasteiger partial charge in [-0.15, -0.1) is 0 Å². The number of nitrogens with one attached hydrogen (secondary N) is 1. The van der Waals surface area contributed by atoms with Crippen molar-refractivity contribution >= 4 is 5.91 Å². The molecular formula is C23H24N4O3. The van der Waals surface area contributed by atoms with Gasteiger partial charge in [-0.3, -0.25) is 14.6 Å². The first-order valence-corrected chi connectivity index (χ1v) is 10.0. The van der Waals surface area contributed by atoms with Crippen LogP contribution in [0.3, 0.4) is 0 Å². The lowest BCUT2D eigenvalue weighted by molar-refractivity contribution is -0.130. The maximum absolute atomic E-state index is 12.7. The van der Waals surface area contributed by atoms with Crippen molar-refractivity contribution in [3.8, 4) is 17.1 Å². The van der Waals surface area contributed by atoms with Crippen LogP contribution in [-0.4, -0.2) is 46.0 Å². The lowest BCUT2D eigenvalue weighted by Crippen LogP contribution is -2.28. The van der Waals surface area contributed by atoms with Crippen LogP contribution < -0.4 is 10.3 Å². The molecule has 1 fully saturated rings. The normalized spacial score (nSPS) is 15.9. The van der Waals surface area contributed by atoms with E-state index in [9.17, 15) is 9.59 Å². The zero-order valence-electron chi connectivity index (χ0n) is 16.9. The van der Waals surface area contributed by atoms with E-state index in [2.05, 4.69) is 15.0 Å². The van der Waals surface area contributed by atoms with Gasteiger partial charge in [0.25, 0.3) is 5.56 Å². The summed E-state index contributed by atoms with van der Waals surface area (Å²) in [5.41, 5.74) is 2.47. The van der Waals surface area contributed by atoms with Crippen molar-refractivity contribution in [2.75, 3.05) is 20.2 Å². The Morgan fingerprint density at radius 2 is 1.97 bits per heavy atom. The Balaban J connectivity index is 1.39. The minimum atomic E-state index is -0.184. The number of aromatic nitrogens is 3. The molecule has 1 saturated heterocycles. The van der Waals surface area contributed by atoms with Crippen molar-refractivity contribution < 1.29 is 9.53 Å². The summed E-state index contributed by atoms with van der Waals surface area (Å²) in [6.07, 6.45) is 5.30. The lowest BCUT2D eigenvalue weighted by Gasteiger charge is -2.17. The Bertz CT molecular complexity index is 1060. The van der Waals surface area contributed by atoms with E-state index in [0.717, 1.165) is 29.0 Å². The highest BCUT2D eigenvalue weighted by Crippen LogP contribution is 2.27. The number of amides is 1. The largest absolute Gasteiger partial charge is 0.497 e. The number of aromatic amines is 1. The quantitative estimate of drug-likeness (QED) is 0.683. The number of hydrogen-bond acceptors (Lipinski definition) is 5. The van der Waals surface area contributed by atoms with E-state index < -0.39 is 0 Å². The molecule has 0 radical (unpaired) electrons. The van der Waals surface area contributed by atoms with Crippen molar-refractivity contribution in [2.24, 2.45) is 0 Å². The van der Waals surface area contributed by atoms with Gasteiger partial charge in [-0.25, -0.2) is 4.98 Å². The number of pyridine rings is 1. The summed E-state index contributed by atoms with van der Waals surface area (Å²) >= 11 is 0. The van der Waals surface area contributed by atoms with Crippen LogP contribution >= 0.6 is 0 Å². The fraction of sp³-hybridized carbons (Fsp3) is 0.304. The Kier molecular flexibility index (Phi) is 5.88. The molecule has 0 spiro atoms. The maximum atomic E-state index is 12.7. The second-order valence-electron chi connectivity index (χ2n) is 7.43. The van der Waals surface area contributed by atoms with Gasteiger partial charge in [0.15, 0.2) is 0 Å². The van der Waals surface area contributed by atoms with Gasteiger partial charge in [-0.05, 0) is 42.7 Å². The molecule has 3 heterocycles. The van der Waals surface area contributed by atoms with Crippen LogP contribution in [0.2, 0.25) is 0 Å². The highest BCUT2D eigenvalue weighted by Gasteiger charge is 2.28. The Morgan fingerprint density at radius 1 is 1.20 bits per heavy atom. The SMILES string of the molecule is COc1ccc(CCC(=O)N2CC[C@@H](c3cc(=O)[nH]c(-c4ccncc4)n3)C2)cc1. The van der Waals surface area contributed by atoms with Crippen molar-refractivity contribution in [2.45, 2.75) is 25.2 Å². The molecule has 0 unspecified atom stereocenters. The topological polar surface area (TPSA) is 88.2 Å². The molecule has 7 nitrogen and oxygen atoms in total. The molecule has 1 amide bonds. The Hall–Kier alpha value is -3.48. The van der Waals surface area contributed by atoms with Gasteiger partial charge in [0.2, 0.25) is 5.91 Å². The first-order valence-electron chi connectivity index (χ1n) is 10.0. The van der Waals surface area contributed by atoms with E-state index in [1.165, 1.54) is 0 Å². The minimum absolute atomic E-state index is 0.0674. The summed E-state index contributed by atoms with van der Waals surface area (Å²) in [5.74, 6) is 1.54. The number of carbonyl (C=O) groups excluding carboxylic acids is 1. The van der Waals surface area contributed by atoms with Gasteiger partial charge >= 0.3 is 0 Å². The van der Waals surface area contributed by atoms with E-state index in [0.29, 0.717) is 31.8 Å². The van der Waals surface area contributed by atoms with Crippen LogP contribution in [-0.2, 0) is 11.2 Å². The number of likely N-dealkylation sites (tertiary alicyclic amines) is 1. The summed E-state index contributed by atoms with van der Waals surface area (Å²) in [6, 6.07) is 13.0. The fourth-order valence-electron chi connectivity index (χ4n) is 3.76. The van der Waals surface area contributed by atoms with Gasteiger partial charge in [0, 0.05) is 49.5 Å². The third kappa shape index (κ3) is 4.56.